The third-order valence-corrected chi connectivity index (χ3v) is 5.43. The number of phenolic OH excluding ortho intramolecular Hbond substituents is 1. The molecule has 0 aromatic heterocycles. The summed E-state index contributed by atoms with van der Waals surface area (Å²) in [5.41, 5.74) is 3.95. The molecule has 4 nitrogen and oxygen atoms in total. The SMILES string of the molecule is CC1(C)C=Cc2cc3c(cc2O1)OCC(c1ccc(O)c2c1OC(C)(C)C=C2)=C3. The Balaban J connectivity index is 1.59. The predicted molar refractivity (Wildman–Crippen MR) is 115 cm³/mol. The van der Waals surface area contributed by atoms with Gasteiger partial charge in [-0.15, -0.1) is 0 Å². The maximum absolute atomic E-state index is 10.3. The molecule has 3 heterocycles. The maximum Gasteiger partial charge on any atom is 0.139 e. The van der Waals surface area contributed by atoms with Gasteiger partial charge in [-0.05, 0) is 70.2 Å². The summed E-state index contributed by atoms with van der Waals surface area (Å²) in [4.78, 5) is 0. The minimum atomic E-state index is -0.433. The molecule has 5 rings (SSSR count). The van der Waals surface area contributed by atoms with Gasteiger partial charge in [-0.25, -0.2) is 0 Å². The Hall–Kier alpha value is -3.14. The van der Waals surface area contributed by atoms with Crippen LogP contribution in [0.5, 0.6) is 23.0 Å². The van der Waals surface area contributed by atoms with Gasteiger partial charge >= 0.3 is 0 Å². The van der Waals surface area contributed by atoms with E-state index < -0.39 is 5.60 Å². The molecule has 0 amide bonds. The van der Waals surface area contributed by atoms with Crippen LogP contribution in [0, 0.1) is 0 Å². The van der Waals surface area contributed by atoms with Crippen LogP contribution >= 0.6 is 0 Å². The fourth-order valence-corrected chi connectivity index (χ4v) is 3.89. The summed E-state index contributed by atoms with van der Waals surface area (Å²) in [7, 11) is 0. The molecule has 4 heteroatoms. The predicted octanol–water partition coefficient (Wildman–Crippen LogP) is 5.69. The molecule has 1 N–H and O–H groups in total. The molecular weight excluding hydrogens is 364 g/mol. The molecule has 2 aromatic carbocycles. The van der Waals surface area contributed by atoms with Gasteiger partial charge in [0.15, 0.2) is 0 Å². The highest BCUT2D eigenvalue weighted by molar-refractivity contribution is 5.91. The van der Waals surface area contributed by atoms with Crippen molar-refractivity contribution in [3.8, 4) is 23.0 Å². The lowest BCUT2D eigenvalue weighted by atomic mass is 9.93. The van der Waals surface area contributed by atoms with Crippen molar-refractivity contribution in [2.24, 2.45) is 0 Å². The van der Waals surface area contributed by atoms with Crippen molar-refractivity contribution in [2.75, 3.05) is 6.61 Å². The summed E-state index contributed by atoms with van der Waals surface area (Å²) in [5, 5.41) is 10.3. The third kappa shape index (κ3) is 3.09. The van der Waals surface area contributed by atoms with Gasteiger partial charge in [-0.2, -0.15) is 0 Å². The van der Waals surface area contributed by atoms with Crippen LogP contribution in [-0.2, 0) is 0 Å². The van der Waals surface area contributed by atoms with E-state index in [0.29, 0.717) is 17.9 Å². The summed E-state index contributed by atoms with van der Waals surface area (Å²) in [6.45, 7) is 8.50. The topological polar surface area (TPSA) is 47.9 Å². The number of phenols is 1. The van der Waals surface area contributed by atoms with Crippen molar-refractivity contribution in [3.05, 3.63) is 58.7 Å². The number of hydrogen-bond acceptors (Lipinski definition) is 4. The van der Waals surface area contributed by atoms with Crippen molar-refractivity contribution in [2.45, 2.75) is 38.9 Å². The molecule has 2 aromatic rings. The first-order chi connectivity index (χ1) is 13.7. The first-order valence-electron chi connectivity index (χ1n) is 9.85. The van der Waals surface area contributed by atoms with E-state index in [0.717, 1.165) is 33.8 Å². The molecule has 29 heavy (non-hydrogen) atoms. The van der Waals surface area contributed by atoms with Crippen molar-refractivity contribution in [1.82, 2.24) is 0 Å². The Labute approximate surface area is 170 Å². The highest BCUT2D eigenvalue weighted by Crippen LogP contribution is 2.45. The van der Waals surface area contributed by atoms with Gasteiger partial charge in [0.2, 0.25) is 0 Å². The van der Waals surface area contributed by atoms with Gasteiger partial charge in [0.25, 0.3) is 0 Å². The molecular formula is C25H24O4. The number of benzene rings is 2. The van der Waals surface area contributed by atoms with Crippen LogP contribution < -0.4 is 14.2 Å². The molecule has 0 spiro atoms. The van der Waals surface area contributed by atoms with Crippen molar-refractivity contribution in [3.63, 3.8) is 0 Å². The molecule has 0 radical (unpaired) electrons. The summed E-state index contributed by atoms with van der Waals surface area (Å²) in [5.74, 6) is 2.56. The van der Waals surface area contributed by atoms with Crippen LogP contribution in [-0.4, -0.2) is 22.9 Å². The van der Waals surface area contributed by atoms with Crippen molar-refractivity contribution < 1.29 is 19.3 Å². The molecule has 0 atom stereocenters. The van der Waals surface area contributed by atoms with Gasteiger partial charge in [0.1, 0.15) is 40.8 Å². The highest BCUT2D eigenvalue weighted by Gasteiger charge is 2.29. The minimum absolute atomic E-state index is 0.215. The lowest BCUT2D eigenvalue weighted by molar-refractivity contribution is 0.157. The van der Waals surface area contributed by atoms with E-state index in [4.69, 9.17) is 14.2 Å². The largest absolute Gasteiger partial charge is 0.507 e. The fraction of sp³-hybridized carbons (Fsp3) is 0.280. The standard InChI is InChI=1S/C25H24O4/c1-24(2)9-7-15-11-16-12-17(14-27-21(16)13-22(15)28-24)18-5-6-20(26)19-8-10-25(3,4)29-23(18)19/h5-13,26H,14H2,1-4H3. The van der Waals surface area contributed by atoms with E-state index in [2.05, 4.69) is 24.3 Å². The molecule has 0 saturated heterocycles. The molecule has 0 bridgehead atoms. The lowest BCUT2D eigenvalue weighted by Gasteiger charge is -2.31. The average Bonchev–Trinajstić information content (AvgIpc) is 2.65. The second kappa shape index (κ2) is 5.93. The van der Waals surface area contributed by atoms with E-state index >= 15 is 0 Å². The molecule has 0 saturated carbocycles. The number of fused-ring (bicyclic) bond motifs is 3. The van der Waals surface area contributed by atoms with E-state index in [1.54, 1.807) is 6.07 Å². The van der Waals surface area contributed by atoms with E-state index in [1.807, 2.05) is 52.0 Å². The zero-order valence-electron chi connectivity index (χ0n) is 17.1. The molecule has 3 aliphatic heterocycles. The second-order valence-electron chi connectivity index (χ2n) is 8.84. The Morgan fingerprint density at radius 1 is 0.862 bits per heavy atom. The van der Waals surface area contributed by atoms with E-state index in [-0.39, 0.29) is 11.4 Å². The van der Waals surface area contributed by atoms with Gasteiger partial charge in [-0.3, -0.25) is 0 Å². The minimum Gasteiger partial charge on any atom is -0.507 e. The van der Waals surface area contributed by atoms with Crippen molar-refractivity contribution in [1.29, 1.82) is 0 Å². The highest BCUT2D eigenvalue weighted by atomic mass is 16.5. The van der Waals surface area contributed by atoms with Crippen LogP contribution in [0.1, 0.15) is 49.9 Å². The Kier molecular flexibility index (Phi) is 3.66. The Morgan fingerprint density at radius 2 is 1.62 bits per heavy atom. The first kappa shape index (κ1) is 17.9. The van der Waals surface area contributed by atoms with Gasteiger partial charge in [0, 0.05) is 28.3 Å². The van der Waals surface area contributed by atoms with E-state index in [1.165, 1.54) is 0 Å². The van der Waals surface area contributed by atoms with Gasteiger partial charge in [-0.1, -0.05) is 6.08 Å². The van der Waals surface area contributed by atoms with E-state index in [9.17, 15) is 5.11 Å². The lowest BCUT2D eigenvalue weighted by Crippen LogP contribution is -2.28. The zero-order valence-corrected chi connectivity index (χ0v) is 17.1. The van der Waals surface area contributed by atoms with Gasteiger partial charge < -0.3 is 19.3 Å². The summed E-state index contributed by atoms with van der Waals surface area (Å²) < 4.78 is 18.4. The molecule has 0 unspecified atom stereocenters. The van der Waals surface area contributed by atoms with Crippen LogP contribution in [0.25, 0.3) is 23.8 Å². The van der Waals surface area contributed by atoms with Crippen LogP contribution in [0.2, 0.25) is 0 Å². The molecule has 0 aliphatic carbocycles. The molecule has 3 aliphatic rings. The fourth-order valence-electron chi connectivity index (χ4n) is 3.89. The quantitative estimate of drug-likeness (QED) is 0.681. The Morgan fingerprint density at radius 3 is 2.45 bits per heavy atom. The summed E-state index contributed by atoms with van der Waals surface area (Å²) >= 11 is 0. The van der Waals surface area contributed by atoms with Crippen molar-refractivity contribution >= 4 is 23.8 Å². The zero-order chi connectivity index (χ0) is 20.4. The van der Waals surface area contributed by atoms with Crippen LogP contribution in [0.3, 0.4) is 0 Å². The molecule has 148 valence electrons. The van der Waals surface area contributed by atoms with Gasteiger partial charge in [0.05, 0.1) is 5.56 Å². The number of rotatable bonds is 1. The monoisotopic (exact) mass is 388 g/mol. The summed E-state index contributed by atoms with van der Waals surface area (Å²) in [6.07, 6.45) is 10.2. The Bertz CT molecular complexity index is 1120. The normalized spacial score (nSPS) is 19.7. The number of ether oxygens (including phenoxy) is 3. The van der Waals surface area contributed by atoms with Crippen LogP contribution in [0.15, 0.2) is 36.4 Å². The summed E-state index contributed by atoms with van der Waals surface area (Å²) in [6, 6.07) is 7.67. The average molecular weight is 388 g/mol. The third-order valence-electron chi connectivity index (χ3n) is 5.43. The number of hydrogen-bond donors (Lipinski definition) is 1. The smallest absolute Gasteiger partial charge is 0.139 e. The van der Waals surface area contributed by atoms with Crippen LogP contribution in [0.4, 0.5) is 0 Å². The first-order valence-corrected chi connectivity index (χ1v) is 9.85. The maximum atomic E-state index is 10.3. The second-order valence-corrected chi connectivity index (χ2v) is 8.84. The number of aromatic hydroxyl groups is 1. The molecule has 0 fully saturated rings.